The van der Waals surface area contributed by atoms with Crippen LogP contribution in [0.15, 0.2) is 0 Å². The highest BCUT2D eigenvalue weighted by Crippen LogP contribution is 2.29. The summed E-state index contributed by atoms with van der Waals surface area (Å²) in [6.45, 7) is 13.5. The first-order valence-corrected chi connectivity index (χ1v) is 8.65. The van der Waals surface area contributed by atoms with E-state index in [9.17, 15) is 0 Å². The van der Waals surface area contributed by atoms with Crippen molar-refractivity contribution in [3.63, 3.8) is 0 Å². The van der Waals surface area contributed by atoms with E-state index in [0.717, 1.165) is 44.7 Å². The molecule has 0 aromatic heterocycles. The van der Waals surface area contributed by atoms with E-state index in [1.54, 1.807) is 0 Å². The van der Waals surface area contributed by atoms with Crippen molar-refractivity contribution in [3.8, 4) is 0 Å². The third kappa shape index (κ3) is 5.51. The molecule has 2 atom stereocenters. The highest BCUT2D eigenvalue weighted by molar-refractivity contribution is 4.89. The Labute approximate surface area is 131 Å². The van der Waals surface area contributed by atoms with E-state index < -0.39 is 0 Å². The van der Waals surface area contributed by atoms with Crippen molar-refractivity contribution in [3.05, 3.63) is 0 Å². The van der Waals surface area contributed by atoms with Crippen LogP contribution in [0.2, 0.25) is 0 Å². The molecule has 4 heteroatoms. The maximum atomic E-state index is 5.73. The summed E-state index contributed by atoms with van der Waals surface area (Å²) in [6.07, 6.45) is 2.56. The molecule has 2 aliphatic heterocycles. The molecule has 0 aromatic rings. The summed E-state index contributed by atoms with van der Waals surface area (Å²) in [6, 6.07) is 0. The molecule has 2 unspecified atom stereocenters. The van der Waals surface area contributed by atoms with Gasteiger partial charge in [-0.1, -0.05) is 13.8 Å². The number of nitrogens with one attached hydrogen (secondary N) is 1. The van der Waals surface area contributed by atoms with Gasteiger partial charge in [0.25, 0.3) is 0 Å². The number of rotatable bonds is 8. The predicted octanol–water partition coefficient (Wildman–Crippen LogP) is 1.52. The van der Waals surface area contributed by atoms with Gasteiger partial charge >= 0.3 is 0 Å². The molecule has 21 heavy (non-hydrogen) atoms. The van der Waals surface area contributed by atoms with Crippen molar-refractivity contribution >= 4 is 0 Å². The number of hydrogen-bond acceptors (Lipinski definition) is 4. The van der Waals surface area contributed by atoms with Crippen LogP contribution in [0.5, 0.6) is 0 Å². The van der Waals surface area contributed by atoms with Gasteiger partial charge in [-0.15, -0.1) is 0 Å². The Balaban J connectivity index is 1.78. The summed E-state index contributed by atoms with van der Waals surface area (Å²) in [4.78, 5) is 5.01. The third-order valence-corrected chi connectivity index (χ3v) is 4.90. The van der Waals surface area contributed by atoms with Gasteiger partial charge in [-0.3, -0.25) is 0 Å². The van der Waals surface area contributed by atoms with Crippen LogP contribution in [0.1, 0.15) is 26.7 Å². The average Bonchev–Trinajstić information content (AvgIpc) is 2.99. The number of likely N-dealkylation sites (tertiary alicyclic amines) is 1. The van der Waals surface area contributed by atoms with E-state index >= 15 is 0 Å². The molecule has 0 spiro atoms. The maximum Gasteiger partial charge on any atom is 0.0547 e. The van der Waals surface area contributed by atoms with Crippen molar-refractivity contribution in [2.45, 2.75) is 26.7 Å². The summed E-state index contributed by atoms with van der Waals surface area (Å²) in [5, 5.41) is 3.66. The Morgan fingerprint density at radius 3 is 2.81 bits per heavy atom. The highest BCUT2D eigenvalue weighted by atomic mass is 16.5. The minimum absolute atomic E-state index is 0.328. The molecule has 2 aliphatic rings. The van der Waals surface area contributed by atoms with E-state index in [2.05, 4.69) is 43.1 Å². The predicted molar refractivity (Wildman–Crippen MR) is 88.7 cm³/mol. The Morgan fingerprint density at radius 1 is 1.43 bits per heavy atom. The smallest absolute Gasteiger partial charge is 0.0547 e. The van der Waals surface area contributed by atoms with E-state index in [1.807, 2.05) is 0 Å². The molecule has 2 saturated heterocycles. The molecule has 0 radical (unpaired) electrons. The number of nitrogens with zero attached hydrogens (tertiary/aromatic N) is 2. The van der Waals surface area contributed by atoms with Crippen LogP contribution < -0.4 is 5.32 Å². The van der Waals surface area contributed by atoms with E-state index in [0.29, 0.717) is 5.41 Å². The lowest BCUT2D eigenvalue weighted by Gasteiger charge is -2.34. The Bertz CT molecular complexity index is 302. The van der Waals surface area contributed by atoms with Gasteiger partial charge in [0, 0.05) is 38.2 Å². The summed E-state index contributed by atoms with van der Waals surface area (Å²) in [5.74, 6) is 1.57. The van der Waals surface area contributed by atoms with Gasteiger partial charge in [0.2, 0.25) is 0 Å². The van der Waals surface area contributed by atoms with E-state index in [-0.39, 0.29) is 0 Å². The first kappa shape index (κ1) is 17.2. The van der Waals surface area contributed by atoms with Crippen molar-refractivity contribution in [2.24, 2.45) is 17.3 Å². The highest BCUT2D eigenvalue weighted by Gasteiger charge is 2.36. The number of hydrogen-bond donors (Lipinski definition) is 1. The van der Waals surface area contributed by atoms with Crippen molar-refractivity contribution in [1.29, 1.82) is 0 Å². The van der Waals surface area contributed by atoms with Gasteiger partial charge in [0.15, 0.2) is 0 Å². The van der Waals surface area contributed by atoms with Crippen LogP contribution in [0, 0.1) is 17.3 Å². The molecule has 0 aliphatic carbocycles. The van der Waals surface area contributed by atoms with E-state index in [4.69, 9.17) is 4.74 Å². The number of ether oxygens (including phenoxy) is 1. The molecule has 0 saturated carbocycles. The Morgan fingerprint density at radius 2 is 2.24 bits per heavy atom. The minimum atomic E-state index is 0.328. The zero-order valence-corrected chi connectivity index (χ0v) is 14.5. The molecule has 124 valence electrons. The van der Waals surface area contributed by atoms with Crippen LogP contribution in [0.25, 0.3) is 0 Å². The van der Waals surface area contributed by atoms with Crippen LogP contribution >= 0.6 is 0 Å². The Kier molecular flexibility index (Phi) is 6.48. The van der Waals surface area contributed by atoms with Gasteiger partial charge in [-0.25, -0.2) is 0 Å². The van der Waals surface area contributed by atoms with Gasteiger partial charge < -0.3 is 19.9 Å². The second kappa shape index (κ2) is 7.91. The average molecular weight is 297 g/mol. The fourth-order valence-corrected chi connectivity index (χ4v) is 3.85. The molecule has 0 amide bonds. The lowest BCUT2D eigenvalue weighted by molar-refractivity contribution is 0.112. The lowest BCUT2D eigenvalue weighted by atomic mass is 9.86. The molecule has 2 rings (SSSR count). The second-order valence-corrected chi connectivity index (χ2v) is 7.94. The van der Waals surface area contributed by atoms with Crippen LogP contribution in [0.3, 0.4) is 0 Å². The fraction of sp³-hybridized carbons (Fsp3) is 1.00. The van der Waals surface area contributed by atoms with E-state index in [1.165, 1.54) is 32.5 Å². The summed E-state index contributed by atoms with van der Waals surface area (Å²) < 4.78 is 5.73. The van der Waals surface area contributed by atoms with Crippen LogP contribution in [-0.2, 0) is 4.74 Å². The Hall–Kier alpha value is -0.160. The third-order valence-electron chi connectivity index (χ3n) is 4.90. The standard InChI is InChI=1S/C17H35N3O/c1-15(2)9-18-12-17(6-8-21-14-17)13-20(4)11-16-5-7-19(3)10-16/h15-16,18H,5-14H2,1-4H3. The molecule has 0 bridgehead atoms. The summed E-state index contributed by atoms with van der Waals surface area (Å²) in [7, 11) is 4.53. The molecule has 2 fully saturated rings. The summed E-state index contributed by atoms with van der Waals surface area (Å²) >= 11 is 0. The molecule has 2 heterocycles. The van der Waals surface area contributed by atoms with Gasteiger partial charge in [0.1, 0.15) is 0 Å². The quantitative estimate of drug-likeness (QED) is 0.735. The summed E-state index contributed by atoms with van der Waals surface area (Å²) in [5.41, 5.74) is 0.328. The zero-order chi connectivity index (χ0) is 15.3. The SMILES string of the molecule is CC(C)CNCC1(CN(C)CC2CCN(C)C2)CCOC1. The van der Waals surface area contributed by atoms with Gasteiger partial charge in [0.05, 0.1) is 6.61 Å². The van der Waals surface area contributed by atoms with Gasteiger partial charge in [-0.2, -0.15) is 0 Å². The lowest BCUT2D eigenvalue weighted by Crippen LogP contribution is -2.45. The zero-order valence-electron chi connectivity index (χ0n) is 14.5. The minimum Gasteiger partial charge on any atom is -0.381 e. The molecule has 4 nitrogen and oxygen atoms in total. The van der Waals surface area contributed by atoms with Crippen LogP contribution in [0.4, 0.5) is 0 Å². The second-order valence-electron chi connectivity index (χ2n) is 7.94. The van der Waals surface area contributed by atoms with Crippen molar-refractivity contribution in [2.75, 3.05) is 66.6 Å². The van der Waals surface area contributed by atoms with Crippen LogP contribution in [-0.4, -0.2) is 76.4 Å². The molecule has 0 aromatic carbocycles. The monoisotopic (exact) mass is 297 g/mol. The molecular formula is C17H35N3O. The molecule has 1 N–H and O–H groups in total. The largest absolute Gasteiger partial charge is 0.381 e. The normalized spacial score (nSPS) is 30.9. The topological polar surface area (TPSA) is 27.7 Å². The first-order chi connectivity index (χ1) is 9.99. The fourth-order valence-electron chi connectivity index (χ4n) is 3.85. The van der Waals surface area contributed by atoms with Crippen molar-refractivity contribution < 1.29 is 4.74 Å². The first-order valence-electron chi connectivity index (χ1n) is 8.65. The van der Waals surface area contributed by atoms with Gasteiger partial charge in [-0.05, 0) is 51.9 Å². The van der Waals surface area contributed by atoms with Crippen molar-refractivity contribution in [1.82, 2.24) is 15.1 Å². The molecular weight excluding hydrogens is 262 g/mol. The maximum absolute atomic E-state index is 5.73.